The van der Waals surface area contributed by atoms with Gasteiger partial charge in [0, 0.05) is 5.75 Å². The molecule has 3 aromatic rings. The highest BCUT2D eigenvalue weighted by Crippen LogP contribution is 2.27. The number of imidazole rings is 1. The molecule has 2 N–H and O–H groups in total. The van der Waals surface area contributed by atoms with Crippen molar-refractivity contribution >= 4 is 28.6 Å². The zero-order valence-electron chi connectivity index (χ0n) is 9.92. The van der Waals surface area contributed by atoms with Crippen molar-refractivity contribution < 1.29 is 18.3 Å². The van der Waals surface area contributed by atoms with Crippen LogP contribution in [0.25, 0.3) is 16.8 Å². The van der Waals surface area contributed by atoms with E-state index >= 15 is 0 Å². The van der Waals surface area contributed by atoms with Crippen LogP contribution in [0.1, 0.15) is 0 Å². The highest BCUT2D eigenvalue weighted by atomic mass is 32.2. The van der Waals surface area contributed by atoms with Gasteiger partial charge in [-0.2, -0.15) is 13.2 Å². The molecule has 1 aromatic carbocycles. The average Bonchev–Trinajstić information content (AvgIpc) is 2.93. The molecule has 106 valence electrons. The topological polar surface area (TPSA) is 66.2 Å². The summed E-state index contributed by atoms with van der Waals surface area (Å²) in [7, 11) is 0. The summed E-state index contributed by atoms with van der Waals surface area (Å²) in [5.74, 6) is -0.0640. The van der Waals surface area contributed by atoms with Gasteiger partial charge < -0.3 is 5.11 Å². The predicted octanol–water partition coefficient (Wildman–Crippen LogP) is 2.23. The van der Waals surface area contributed by atoms with Gasteiger partial charge in [0.05, 0.1) is 11.0 Å². The summed E-state index contributed by atoms with van der Waals surface area (Å²) in [6.07, 6.45) is -7.01. The van der Waals surface area contributed by atoms with Crippen LogP contribution < -0.4 is 0 Å². The van der Waals surface area contributed by atoms with E-state index in [9.17, 15) is 13.2 Å². The average molecular weight is 302 g/mol. The van der Waals surface area contributed by atoms with E-state index in [-0.39, 0.29) is 0 Å². The quantitative estimate of drug-likeness (QED) is 0.728. The van der Waals surface area contributed by atoms with Gasteiger partial charge in [0.25, 0.3) is 0 Å². The van der Waals surface area contributed by atoms with Crippen LogP contribution in [0.15, 0.2) is 29.4 Å². The van der Waals surface area contributed by atoms with Crippen LogP contribution >= 0.6 is 11.8 Å². The fourth-order valence-corrected chi connectivity index (χ4v) is 2.71. The van der Waals surface area contributed by atoms with Crippen molar-refractivity contribution in [3.63, 3.8) is 0 Å². The number of rotatable bonds is 3. The van der Waals surface area contributed by atoms with Gasteiger partial charge in [0.1, 0.15) is 0 Å². The van der Waals surface area contributed by atoms with Gasteiger partial charge in [0.2, 0.25) is 5.78 Å². The van der Waals surface area contributed by atoms with Crippen molar-refractivity contribution in [1.82, 2.24) is 19.6 Å². The zero-order chi connectivity index (χ0) is 14.3. The fourth-order valence-electron chi connectivity index (χ4n) is 1.79. The number of aromatic amines is 1. The normalized spacial score (nSPS) is 14.2. The number of thioether (sulfide) groups is 1. The lowest BCUT2D eigenvalue weighted by Crippen LogP contribution is -2.30. The van der Waals surface area contributed by atoms with Crippen LogP contribution in [0.3, 0.4) is 0 Å². The van der Waals surface area contributed by atoms with Gasteiger partial charge in [-0.25, -0.2) is 10.1 Å². The second-order valence-corrected chi connectivity index (χ2v) is 5.12. The number of benzene rings is 1. The third kappa shape index (κ3) is 2.22. The lowest BCUT2D eigenvalue weighted by Gasteiger charge is -2.12. The van der Waals surface area contributed by atoms with E-state index in [1.807, 2.05) is 12.1 Å². The van der Waals surface area contributed by atoms with E-state index in [1.54, 1.807) is 16.5 Å². The first kappa shape index (κ1) is 13.3. The Labute approximate surface area is 114 Å². The fraction of sp³-hybridized carbons (Fsp3) is 0.273. The molecule has 0 bridgehead atoms. The first-order valence-corrected chi connectivity index (χ1v) is 6.64. The number of nitrogens with zero attached hydrogens (tertiary/aromatic N) is 3. The van der Waals surface area contributed by atoms with Crippen LogP contribution in [0.4, 0.5) is 13.2 Å². The molecule has 3 rings (SSSR count). The summed E-state index contributed by atoms with van der Waals surface area (Å²) in [6, 6.07) is 7.23. The molecule has 0 fully saturated rings. The Kier molecular flexibility index (Phi) is 3.09. The molecule has 9 heteroatoms. The van der Waals surface area contributed by atoms with Crippen molar-refractivity contribution in [2.45, 2.75) is 17.4 Å². The summed E-state index contributed by atoms with van der Waals surface area (Å²) < 4.78 is 38.5. The van der Waals surface area contributed by atoms with Crippen molar-refractivity contribution in [1.29, 1.82) is 0 Å². The standard InChI is InChI=1S/C11H9F3N4OS/c12-11(13,14)8(19)5-20-10-17-16-9-15-6-3-1-2-4-7(6)18(9)10/h1-4,8,19H,5H2,(H,15,16)/t8-/m1/s1. The molecule has 0 unspecified atom stereocenters. The van der Waals surface area contributed by atoms with Crippen molar-refractivity contribution in [3.8, 4) is 0 Å². The summed E-state index contributed by atoms with van der Waals surface area (Å²) in [5, 5.41) is 15.9. The Hall–Kier alpha value is -1.74. The summed E-state index contributed by atoms with van der Waals surface area (Å²) >= 11 is 0.822. The molecule has 0 aliphatic carbocycles. The van der Waals surface area contributed by atoms with Crippen LogP contribution in [0.2, 0.25) is 0 Å². The van der Waals surface area contributed by atoms with Gasteiger partial charge in [-0.3, -0.25) is 4.40 Å². The maximum atomic E-state index is 12.3. The molecule has 2 aromatic heterocycles. The Morgan fingerprint density at radius 2 is 2.10 bits per heavy atom. The number of hydrogen-bond donors (Lipinski definition) is 2. The number of nitrogens with one attached hydrogen (secondary N) is 1. The number of aliphatic hydroxyl groups excluding tert-OH is 1. The number of aromatic nitrogens is 4. The van der Waals surface area contributed by atoms with Crippen LogP contribution in [-0.4, -0.2) is 42.7 Å². The molecule has 0 aliphatic rings. The Balaban J connectivity index is 1.92. The van der Waals surface area contributed by atoms with Gasteiger partial charge >= 0.3 is 6.18 Å². The molecule has 0 aliphatic heterocycles. The maximum Gasteiger partial charge on any atom is 0.415 e. The highest BCUT2D eigenvalue weighted by molar-refractivity contribution is 7.99. The van der Waals surface area contributed by atoms with Crippen LogP contribution in [0.5, 0.6) is 0 Å². The summed E-state index contributed by atoms with van der Waals surface area (Å²) in [6.45, 7) is 0. The molecule has 20 heavy (non-hydrogen) atoms. The number of alkyl halides is 3. The molecule has 0 amide bonds. The molecule has 2 heterocycles. The first-order chi connectivity index (χ1) is 9.47. The Bertz CT molecular complexity index is 751. The number of para-hydroxylation sites is 2. The second kappa shape index (κ2) is 4.67. The lowest BCUT2D eigenvalue weighted by atomic mass is 10.3. The second-order valence-electron chi connectivity index (χ2n) is 4.13. The van der Waals surface area contributed by atoms with Gasteiger partial charge in [-0.15, -0.1) is 5.10 Å². The minimum absolute atomic E-state index is 0.331. The Morgan fingerprint density at radius 1 is 1.35 bits per heavy atom. The van der Waals surface area contributed by atoms with Gasteiger partial charge in [-0.1, -0.05) is 23.9 Å². The number of fused-ring (bicyclic) bond motifs is 3. The minimum atomic E-state index is -4.63. The smallest absolute Gasteiger partial charge is 0.383 e. The van der Waals surface area contributed by atoms with Crippen LogP contribution in [0, 0.1) is 0 Å². The number of aliphatic hydroxyl groups is 1. The molecule has 0 saturated heterocycles. The molecule has 0 radical (unpaired) electrons. The van der Waals surface area contributed by atoms with E-state index in [1.165, 1.54) is 0 Å². The van der Waals surface area contributed by atoms with E-state index in [2.05, 4.69) is 15.2 Å². The molecule has 0 spiro atoms. The predicted molar refractivity (Wildman–Crippen MR) is 67.6 cm³/mol. The molecule has 5 nitrogen and oxygen atoms in total. The van der Waals surface area contributed by atoms with Crippen LogP contribution in [-0.2, 0) is 0 Å². The van der Waals surface area contributed by atoms with Crippen molar-refractivity contribution in [2.24, 2.45) is 0 Å². The maximum absolute atomic E-state index is 12.3. The minimum Gasteiger partial charge on any atom is -0.383 e. The number of halogens is 3. The van der Waals surface area contributed by atoms with Gasteiger partial charge in [0.15, 0.2) is 11.3 Å². The number of hydrogen-bond acceptors (Lipinski definition) is 4. The summed E-state index contributed by atoms with van der Waals surface area (Å²) in [5.41, 5.74) is 1.47. The zero-order valence-corrected chi connectivity index (χ0v) is 10.7. The van der Waals surface area contributed by atoms with Crippen molar-refractivity contribution in [3.05, 3.63) is 24.3 Å². The van der Waals surface area contributed by atoms with Gasteiger partial charge in [-0.05, 0) is 12.1 Å². The molecule has 0 saturated carbocycles. The third-order valence-electron chi connectivity index (χ3n) is 2.75. The summed E-state index contributed by atoms with van der Waals surface area (Å²) in [4.78, 5) is 4.26. The SMILES string of the molecule is O[C@H](CSc1n[nH]c2nc3ccccc3n12)C(F)(F)F. The largest absolute Gasteiger partial charge is 0.415 e. The first-order valence-electron chi connectivity index (χ1n) is 5.66. The molecule has 1 atom stereocenters. The van der Waals surface area contributed by atoms with E-state index in [0.717, 1.165) is 22.8 Å². The van der Waals surface area contributed by atoms with E-state index in [0.29, 0.717) is 10.9 Å². The molecular weight excluding hydrogens is 293 g/mol. The molecular formula is C11H9F3N4OS. The highest BCUT2D eigenvalue weighted by Gasteiger charge is 2.38. The van der Waals surface area contributed by atoms with Crippen molar-refractivity contribution in [2.75, 3.05) is 5.75 Å². The van der Waals surface area contributed by atoms with E-state index in [4.69, 9.17) is 5.11 Å². The lowest BCUT2D eigenvalue weighted by molar-refractivity contribution is -0.195. The Morgan fingerprint density at radius 3 is 2.85 bits per heavy atom. The monoisotopic (exact) mass is 302 g/mol. The number of H-pyrrole nitrogens is 1. The van der Waals surface area contributed by atoms with E-state index < -0.39 is 18.0 Å². The third-order valence-corrected chi connectivity index (χ3v) is 3.77.